The molecule has 14 heteroatoms. The Morgan fingerprint density at radius 1 is 1.12 bits per heavy atom. The van der Waals surface area contributed by atoms with E-state index in [1.165, 1.54) is 14.0 Å². The fraction of sp³-hybridized carbons (Fsp3) is 0.895. The second-order valence-corrected chi connectivity index (χ2v) is 9.23. The quantitative estimate of drug-likeness (QED) is 0.0937. The second-order valence-electron chi connectivity index (χ2n) is 7.88. The van der Waals surface area contributed by atoms with Crippen LogP contribution in [-0.2, 0) is 28.5 Å². The summed E-state index contributed by atoms with van der Waals surface area (Å²) < 4.78 is 24.8. The van der Waals surface area contributed by atoms with Gasteiger partial charge < -0.3 is 44.7 Å². The van der Waals surface area contributed by atoms with Crippen molar-refractivity contribution in [3.05, 3.63) is 0 Å². The Bertz CT molecular complexity index is 648. The van der Waals surface area contributed by atoms with E-state index in [9.17, 15) is 30.0 Å². The third-order valence-electron chi connectivity index (χ3n) is 5.46. The molecule has 2 aliphatic rings. The highest BCUT2D eigenvalue weighted by molar-refractivity contribution is 7.97. The van der Waals surface area contributed by atoms with Crippen molar-refractivity contribution in [2.75, 3.05) is 25.2 Å². The molecule has 2 amide bonds. The first-order valence-electron chi connectivity index (χ1n) is 10.6. The van der Waals surface area contributed by atoms with Crippen molar-refractivity contribution >= 4 is 36.4 Å². The van der Waals surface area contributed by atoms with E-state index in [0.29, 0.717) is 11.5 Å². The third kappa shape index (κ3) is 7.16. The van der Waals surface area contributed by atoms with E-state index < -0.39 is 79.6 Å². The molecule has 0 bridgehead atoms. The van der Waals surface area contributed by atoms with Crippen LogP contribution in [0.5, 0.6) is 0 Å². The molecule has 0 saturated carbocycles. The summed E-state index contributed by atoms with van der Waals surface area (Å²) in [4.78, 5) is 24.4. The van der Waals surface area contributed by atoms with Gasteiger partial charge in [0.25, 0.3) is 5.91 Å². The molecule has 0 aliphatic carbocycles. The highest BCUT2D eigenvalue weighted by Crippen LogP contribution is 2.30. The van der Waals surface area contributed by atoms with E-state index in [2.05, 4.69) is 22.7 Å². The molecule has 2 rings (SSSR count). The molecule has 33 heavy (non-hydrogen) atoms. The zero-order valence-corrected chi connectivity index (χ0v) is 20.4. The minimum Gasteiger partial charge on any atom is -0.394 e. The zero-order chi connectivity index (χ0) is 24.7. The van der Waals surface area contributed by atoms with Crippen LogP contribution >= 0.6 is 24.6 Å². The Balaban J connectivity index is 2.21. The second kappa shape index (κ2) is 13.4. The molecule has 0 spiro atoms. The van der Waals surface area contributed by atoms with Crippen LogP contribution < -0.4 is 10.0 Å². The first-order chi connectivity index (χ1) is 15.7. The van der Waals surface area contributed by atoms with Crippen molar-refractivity contribution in [1.29, 1.82) is 0 Å². The standard InChI is InChI=1S/C19H34N2O10S2/c1-8-11(20-9(2)23)15(12(24)10(7-22)29-8)30-19-14(26)13(25)16(28-3)17(31-19)18(27)21-33-6-4-5-32/h8,10-17,19,22,24-26,32H,4-7H2,1-3H3,(H,20,23)(H,21,27)/t8-,10?,11?,12+,13+,14?,15+,16-,17?,19+/m0/s1. The van der Waals surface area contributed by atoms with Crippen molar-refractivity contribution in [2.24, 2.45) is 0 Å². The summed E-state index contributed by atoms with van der Waals surface area (Å²) >= 11 is 5.25. The maximum atomic E-state index is 12.7. The first-order valence-corrected chi connectivity index (χ1v) is 12.2. The molecule has 6 N–H and O–H groups in total. The molecular formula is C19H34N2O10S2. The maximum Gasteiger partial charge on any atom is 0.261 e. The summed E-state index contributed by atoms with van der Waals surface area (Å²) in [5, 5.41) is 44.0. The number of ether oxygens (including phenoxy) is 4. The lowest BCUT2D eigenvalue weighted by molar-refractivity contribution is -0.325. The van der Waals surface area contributed by atoms with Gasteiger partial charge in [0.05, 0.1) is 18.8 Å². The number of amides is 2. The maximum absolute atomic E-state index is 12.7. The number of nitrogens with one attached hydrogen (secondary N) is 2. The minimum atomic E-state index is -1.63. The lowest BCUT2D eigenvalue weighted by Gasteiger charge is -2.47. The fourth-order valence-electron chi connectivity index (χ4n) is 3.78. The van der Waals surface area contributed by atoms with E-state index >= 15 is 0 Å². The number of aliphatic hydroxyl groups is 4. The van der Waals surface area contributed by atoms with E-state index in [4.69, 9.17) is 18.9 Å². The van der Waals surface area contributed by atoms with Gasteiger partial charge in [-0.25, -0.2) is 0 Å². The predicted octanol–water partition coefficient (Wildman–Crippen LogP) is -2.44. The van der Waals surface area contributed by atoms with Crippen LogP contribution in [0, 0.1) is 0 Å². The van der Waals surface area contributed by atoms with Crippen LogP contribution in [0.3, 0.4) is 0 Å². The van der Waals surface area contributed by atoms with Crippen LogP contribution in [-0.4, -0.2) is 119 Å². The fourth-order valence-corrected chi connectivity index (χ4v) is 4.80. The van der Waals surface area contributed by atoms with Crippen LogP contribution in [0.1, 0.15) is 20.3 Å². The van der Waals surface area contributed by atoms with E-state index in [0.717, 1.165) is 18.4 Å². The summed E-state index contributed by atoms with van der Waals surface area (Å²) in [6, 6.07) is -0.863. The van der Waals surface area contributed by atoms with Gasteiger partial charge in [-0.2, -0.15) is 12.6 Å². The Morgan fingerprint density at radius 3 is 2.39 bits per heavy atom. The van der Waals surface area contributed by atoms with Gasteiger partial charge in [-0.15, -0.1) is 0 Å². The number of hydrogen-bond acceptors (Lipinski definition) is 12. The van der Waals surface area contributed by atoms with Gasteiger partial charge in [0.1, 0.15) is 36.6 Å². The van der Waals surface area contributed by atoms with Crippen molar-refractivity contribution in [2.45, 2.75) is 81.4 Å². The summed E-state index contributed by atoms with van der Waals surface area (Å²) in [7, 11) is 1.27. The van der Waals surface area contributed by atoms with Gasteiger partial charge in [0.2, 0.25) is 5.91 Å². The highest BCUT2D eigenvalue weighted by Gasteiger charge is 2.52. The predicted molar refractivity (Wildman–Crippen MR) is 120 cm³/mol. The van der Waals surface area contributed by atoms with Crippen LogP contribution in [0.25, 0.3) is 0 Å². The molecule has 2 fully saturated rings. The van der Waals surface area contributed by atoms with E-state index in [1.807, 2.05) is 0 Å². The number of thiol groups is 1. The third-order valence-corrected chi connectivity index (χ3v) is 6.61. The number of carbonyl (C=O) groups excluding carboxylic acids is 2. The Morgan fingerprint density at radius 2 is 1.82 bits per heavy atom. The normalized spacial score (nSPS) is 39.2. The molecule has 10 atom stereocenters. The lowest BCUT2D eigenvalue weighted by Crippen LogP contribution is -2.67. The topological polar surface area (TPSA) is 176 Å². The summed E-state index contributed by atoms with van der Waals surface area (Å²) in [5.74, 6) is 0.245. The van der Waals surface area contributed by atoms with Crippen molar-refractivity contribution < 1.29 is 49.0 Å². The smallest absolute Gasteiger partial charge is 0.261 e. The monoisotopic (exact) mass is 514 g/mol. The Hall–Kier alpha value is -0.680. The summed E-state index contributed by atoms with van der Waals surface area (Å²) in [5.41, 5.74) is 0. The van der Waals surface area contributed by atoms with Crippen molar-refractivity contribution in [3.8, 4) is 0 Å². The summed E-state index contributed by atoms with van der Waals surface area (Å²) in [6.07, 6.45) is -10.8. The molecule has 192 valence electrons. The van der Waals surface area contributed by atoms with Gasteiger partial charge in [-0.05, 0) is 19.1 Å². The van der Waals surface area contributed by atoms with Crippen LogP contribution in [0.15, 0.2) is 0 Å². The molecule has 0 aromatic rings. The number of carbonyl (C=O) groups is 2. The molecule has 2 heterocycles. The van der Waals surface area contributed by atoms with Gasteiger partial charge >= 0.3 is 0 Å². The largest absolute Gasteiger partial charge is 0.394 e. The Labute approximate surface area is 202 Å². The minimum absolute atomic E-state index is 0.418. The molecule has 0 aromatic carbocycles. The molecule has 0 radical (unpaired) electrons. The molecule has 2 aliphatic heterocycles. The van der Waals surface area contributed by atoms with Crippen LogP contribution in [0.2, 0.25) is 0 Å². The SMILES string of the molecule is CO[C@@H]1C(C(=O)NSCCCS)O[C@@H](O[C@@H]2C(NC(C)=O)[C@H](C)OC(CO)[C@H]2O)C(O)[C@H]1O. The van der Waals surface area contributed by atoms with Gasteiger partial charge in [0.15, 0.2) is 12.4 Å². The van der Waals surface area contributed by atoms with Gasteiger partial charge in [0, 0.05) is 19.8 Å². The van der Waals surface area contributed by atoms with Gasteiger partial charge in [-0.1, -0.05) is 11.9 Å². The van der Waals surface area contributed by atoms with E-state index in [1.54, 1.807) is 6.92 Å². The average Bonchev–Trinajstić information content (AvgIpc) is 2.78. The average molecular weight is 515 g/mol. The highest BCUT2D eigenvalue weighted by atomic mass is 32.2. The number of hydrogen-bond donors (Lipinski definition) is 7. The summed E-state index contributed by atoms with van der Waals surface area (Å²) in [6.45, 7) is 2.38. The van der Waals surface area contributed by atoms with Crippen molar-refractivity contribution in [1.82, 2.24) is 10.0 Å². The molecule has 12 nitrogen and oxygen atoms in total. The van der Waals surface area contributed by atoms with E-state index in [-0.39, 0.29) is 0 Å². The van der Waals surface area contributed by atoms with Crippen LogP contribution in [0.4, 0.5) is 0 Å². The molecule has 0 aromatic heterocycles. The molecule has 4 unspecified atom stereocenters. The molecule has 2 saturated heterocycles. The zero-order valence-electron chi connectivity index (χ0n) is 18.7. The number of methoxy groups -OCH3 is 1. The van der Waals surface area contributed by atoms with Gasteiger partial charge in [-0.3, -0.25) is 14.3 Å². The first kappa shape index (κ1) is 28.6. The molecular weight excluding hydrogens is 480 g/mol. The van der Waals surface area contributed by atoms with Crippen molar-refractivity contribution in [3.63, 3.8) is 0 Å². The Kier molecular flexibility index (Phi) is 11.6. The lowest BCUT2D eigenvalue weighted by atomic mass is 9.92. The number of aliphatic hydroxyl groups excluding tert-OH is 4. The number of rotatable bonds is 10.